The van der Waals surface area contributed by atoms with Crippen molar-refractivity contribution in [3.63, 3.8) is 0 Å². The number of nitrogens with one attached hydrogen (secondary N) is 1. The summed E-state index contributed by atoms with van der Waals surface area (Å²) in [5, 5.41) is 3.38. The molecule has 0 amide bonds. The normalized spacial score (nSPS) is 20.6. The predicted octanol–water partition coefficient (Wildman–Crippen LogP) is 1.98. The SMILES string of the molecule is Nc1ccccc1C(=O)CC1CCCCN1. The van der Waals surface area contributed by atoms with Gasteiger partial charge in [0.2, 0.25) is 0 Å². The van der Waals surface area contributed by atoms with Crippen LogP contribution in [0.4, 0.5) is 5.69 Å². The van der Waals surface area contributed by atoms with Crippen LogP contribution in [-0.4, -0.2) is 18.4 Å². The number of carbonyl (C=O) groups is 1. The van der Waals surface area contributed by atoms with Crippen molar-refractivity contribution < 1.29 is 4.79 Å². The minimum Gasteiger partial charge on any atom is -0.398 e. The quantitative estimate of drug-likeness (QED) is 0.602. The van der Waals surface area contributed by atoms with Crippen LogP contribution in [0.2, 0.25) is 0 Å². The lowest BCUT2D eigenvalue weighted by Gasteiger charge is -2.22. The molecule has 0 aromatic heterocycles. The molecule has 0 spiro atoms. The monoisotopic (exact) mass is 218 g/mol. The van der Waals surface area contributed by atoms with Crippen molar-refractivity contribution in [1.82, 2.24) is 5.32 Å². The Hall–Kier alpha value is -1.35. The lowest BCUT2D eigenvalue weighted by molar-refractivity contribution is 0.0964. The largest absolute Gasteiger partial charge is 0.398 e. The number of ketones is 1. The number of carbonyl (C=O) groups excluding carboxylic acids is 1. The summed E-state index contributed by atoms with van der Waals surface area (Å²) in [5.74, 6) is 0.150. The predicted molar refractivity (Wildman–Crippen MR) is 65.4 cm³/mol. The lowest BCUT2D eigenvalue weighted by Crippen LogP contribution is -2.35. The highest BCUT2D eigenvalue weighted by molar-refractivity contribution is 6.00. The van der Waals surface area contributed by atoms with E-state index in [1.807, 2.05) is 12.1 Å². The summed E-state index contributed by atoms with van der Waals surface area (Å²) in [6.07, 6.45) is 4.10. The van der Waals surface area contributed by atoms with Crippen molar-refractivity contribution in [2.75, 3.05) is 12.3 Å². The van der Waals surface area contributed by atoms with Gasteiger partial charge in [0.25, 0.3) is 0 Å². The molecule has 1 unspecified atom stereocenters. The van der Waals surface area contributed by atoms with Gasteiger partial charge < -0.3 is 11.1 Å². The van der Waals surface area contributed by atoms with E-state index < -0.39 is 0 Å². The van der Waals surface area contributed by atoms with Gasteiger partial charge in [0, 0.05) is 23.7 Å². The Morgan fingerprint density at radius 1 is 1.38 bits per heavy atom. The van der Waals surface area contributed by atoms with Crippen LogP contribution in [0.5, 0.6) is 0 Å². The number of hydrogen-bond donors (Lipinski definition) is 2. The highest BCUT2D eigenvalue weighted by Gasteiger charge is 2.18. The van der Waals surface area contributed by atoms with Gasteiger partial charge in [-0.2, -0.15) is 0 Å². The zero-order valence-corrected chi connectivity index (χ0v) is 9.41. The third kappa shape index (κ3) is 2.61. The average Bonchev–Trinajstić information content (AvgIpc) is 2.31. The topological polar surface area (TPSA) is 55.1 Å². The van der Waals surface area contributed by atoms with Gasteiger partial charge >= 0.3 is 0 Å². The molecule has 86 valence electrons. The Bertz CT molecular complexity index is 370. The van der Waals surface area contributed by atoms with Gasteiger partial charge in [-0.15, -0.1) is 0 Å². The van der Waals surface area contributed by atoms with Crippen LogP contribution in [0.3, 0.4) is 0 Å². The van der Waals surface area contributed by atoms with Gasteiger partial charge in [0.15, 0.2) is 5.78 Å². The highest BCUT2D eigenvalue weighted by Crippen LogP contribution is 2.17. The first kappa shape index (κ1) is 11.1. The van der Waals surface area contributed by atoms with Gasteiger partial charge in [-0.3, -0.25) is 4.79 Å². The molecule has 1 aromatic carbocycles. The van der Waals surface area contributed by atoms with Crippen LogP contribution in [0, 0.1) is 0 Å². The fraction of sp³-hybridized carbons (Fsp3) is 0.462. The fourth-order valence-corrected chi connectivity index (χ4v) is 2.18. The second-order valence-electron chi connectivity index (χ2n) is 4.36. The molecule has 1 aromatic rings. The molecule has 3 N–H and O–H groups in total. The van der Waals surface area contributed by atoms with E-state index in [1.165, 1.54) is 12.8 Å². The van der Waals surface area contributed by atoms with E-state index in [1.54, 1.807) is 12.1 Å². The van der Waals surface area contributed by atoms with Crippen molar-refractivity contribution in [2.24, 2.45) is 0 Å². The van der Waals surface area contributed by atoms with E-state index in [0.717, 1.165) is 13.0 Å². The summed E-state index contributed by atoms with van der Waals surface area (Å²) in [5.41, 5.74) is 7.03. The molecule has 1 aliphatic heterocycles. The molecular formula is C13H18N2O. The van der Waals surface area contributed by atoms with Gasteiger partial charge in [-0.05, 0) is 31.5 Å². The van der Waals surface area contributed by atoms with E-state index in [9.17, 15) is 4.79 Å². The van der Waals surface area contributed by atoms with Gasteiger partial charge in [-0.25, -0.2) is 0 Å². The number of benzene rings is 1. The van der Waals surface area contributed by atoms with Crippen LogP contribution in [-0.2, 0) is 0 Å². The molecule has 0 aliphatic carbocycles. The third-order valence-corrected chi connectivity index (χ3v) is 3.11. The fourth-order valence-electron chi connectivity index (χ4n) is 2.18. The number of para-hydroxylation sites is 1. The average molecular weight is 218 g/mol. The first-order valence-corrected chi connectivity index (χ1v) is 5.88. The van der Waals surface area contributed by atoms with E-state index in [-0.39, 0.29) is 5.78 Å². The first-order chi connectivity index (χ1) is 7.77. The Kier molecular flexibility index (Phi) is 3.57. The van der Waals surface area contributed by atoms with Gasteiger partial charge in [0.1, 0.15) is 0 Å². The lowest BCUT2D eigenvalue weighted by atomic mass is 9.96. The van der Waals surface area contributed by atoms with Crippen molar-refractivity contribution in [2.45, 2.75) is 31.7 Å². The van der Waals surface area contributed by atoms with Crippen LogP contribution in [0.25, 0.3) is 0 Å². The minimum absolute atomic E-state index is 0.150. The van der Waals surface area contributed by atoms with Crippen molar-refractivity contribution in [3.8, 4) is 0 Å². The summed E-state index contributed by atoms with van der Waals surface area (Å²) in [7, 11) is 0. The molecule has 0 saturated carbocycles. The van der Waals surface area contributed by atoms with Crippen LogP contribution in [0.1, 0.15) is 36.0 Å². The Labute approximate surface area is 96.0 Å². The van der Waals surface area contributed by atoms with Crippen LogP contribution in [0.15, 0.2) is 24.3 Å². The molecule has 0 radical (unpaired) electrons. The molecule has 1 fully saturated rings. The van der Waals surface area contributed by atoms with E-state index in [2.05, 4.69) is 5.32 Å². The molecule has 16 heavy (non-hydrogen) atoms. The maximum Gasteiger partial charge on any atom is 0.166 e. The summed E-state index contributed by atoms with van der Waals surface area (Å²) in [4.78, 5) is 12.0. The van der Waals surface area contributed by atoms with Crippen molar-refractivity contribution >= 4 is 11.5 Å². The number of anilines is 1. The third-order valence-electron chi connectivity index (χ3n) is 3.11. The summed E-state index contributed by atoms with van der Waals surface area (Å²) in [6, 6.07) is 7.63. The number of nitrogen functional groups attached to an aromatic ring is 1. The molecule has 1 saturated heterocycles. The smallest absolute Gasteiger partial charge is 0.166 e. The summed E-state index contributed by atoms with van der Waals surface area (Å²) in [6.45, 7) is 1.03. The summed E-state index contributed by atoms with van der Waals surface area (Å²) >= 11 is 0. The number of nitrogens with two attached hydrogens (primary N) is 1. The second-order valence-corrected chi connectivity index (χ2v) is 4.36. The number of piperidine rings is 1. The molecule has 3 heteroatoms. The molecule has 3 nitrogen and oxygen atoms in total. The number of rotatable bonds is 3. The minimum atomic E-state index is 0.150. The van der Waals surface area contributed by atoms with E-state index in [0.29, 0.717) is 23.7 Å². The Balaban J connectivity index is 2.00. The summed E-state index contributed by atoms with van der Waals surface area (Å²) < 4.78 is 0. The van der Waals surface area contributed by atoms with E-state index >= 15 is 0 Å². The van der Waals surface area contributed by atoms with Gasteiger partial charge in [0.05, 0.1) is 0 Å². The number of Topliss-reactive ketones (excluding diaryl/α,β-unsaturated/α-hetero) is 1. The zero-order chi connectivity index (χ0) is 11.4. The number of hydrogen-bond acceptors (Lipinski definition) is 3. The maximum atomic E-state index is 12.0. The van der Waals surface area contributed by atoms with Crippen molar-refractivity contribution in [3.05, 3.63) is 29.8 Å². The molecule has 0 bridgehead atoms. The standard InChI is InChI=1S/C13H18N2O/c14-12-7-2-1-6-11(12)13(16)9-10-5-3-4-8-15-10/h1-2,6-7,10,15H,3-5,8-9,14H2. The second kappa shape index (κ2) is 5.12. The molecule has 2 rings (SSSR count). The van der Waals surface area contributed by atoms with Crippen molar-refractivity contribution in [1.29, 1.82) is 0 Å². The zero-order valence-electron chi connectivity index (χ0n) is 9.41. The van der Waals surface area contributed by atoms with Gasteiger partial charge in [-0.1, -0.05) is 18.6 Å². The first-order valence-electron chi connectivity index (χ1n) is 5.88. The van der Waals surface area contributed by atoms with Crippen LogP contribution < -0.4 is 11.1 Å². The van der Waals surface area contributed by atoms with E-state index in [4.69, 9.17) is 5.73 Å². The molecule has 1 aliphatic rings. The Morgan fingerprint density at radius 2 is 2.19 bits per heavy atom. The maximum absolute atomic E-state index is 12.0. The molecular weight excluding hydrogens is 200 g/mol. The van der Waals surface area contributed by atoms with Crippen LogP contribution >= 0.6 is 0 Å². The molecule has 1 atom stereocenters. The highest BCUT2D eigenvalue weighted by atomic mass is 16.1. The Morgan fingerprint density at radius 3 is 2.88 bits per heavy atom. The molecule has 1 heterocycles.